The fourth-order valence-corrected chi connectivity index (χ4v) is 7.60. The molecular weight excluding hydrogens is 620 g/mol. The Balaban J connectivity index is 1.11. The lowest BCUT2D eigenvalue weighted by Crippen LogP contribution is -2.35. The number of aliphatic hydroxyl groups is 1. The zero-order valence-corrected chi connectivity index (χ0v) is 27.2. The first-order chi connectivity index (χ1) is 22.8. The fourth-order valence-electron chi connectivity index (χ4n) is 6.12. The number of likely N-dealkylation sites (tertiary alicyclic amines) is 1. The molecule has 15 heteroatoms. The van der Waals surface area contributed by atoms with Crippen molar-refractivity contribution >= 4 is 27.3 Å². The van der Waals surface area contributed by atoms with Crippen LogP contribution in [-0.2, 0) is 10.0 Å². The van der Waals surface area contributed by atoms with Crippen LogP contribution in [-0.4, -0.2) is 96.7 Å². The summed E-state index contributed by atoms with van der Waals surface area (Å²) in [6.45, 7) is 2.23. The van der Waals surface area contributed by atoms with E-state index < -0.39 is 10.0 Å². The molecule has 0 aromatic carbocycles. The lowest BCUT2D eigenvalue weighted by atomic mass is 9.86. The summed E-state index contributed by atoms with van der Waals surface area (Å²) in [5.74, 6) is 2.27. The van der Waals surface area contributed by atoms with E-state index in [2.05, 4.69) is 47.6 Å². The van der Waals surface area contributed by atoms with E-state index in [-0.39, 0.29) is 24.0 Å². The largest absolute Gasteiger partial charge is 0.473 e. The second kappa shape index (κ2) is 13.5. The van der Waals surface area contributed by atoms with Gasteiger partial charge in [-0.1, -0.05) is 0 Å². The van der Waals surface area contributed by atoms with Gasteiger partial charge in [-0.05, 0) is 70.4 Å². The Kier molecular flexibility index (Phi) is 9.01. The summed E-state index contributed by atoms with van der Waals surface area (Å²) >= 11 is 0. The SMILES string of the molecule is CN1CCC(Oc2cnc(-c3cnc(Nc4ccnc(-c5cnn(S(=O)(=O)C6CC6)c5)n4)cc3NC3CCC(CO)CC3)cn2)CC1. The Bertz CT molecular complexity index is 1780. The number of pyridine rings is 1. The molecule has 248 valence electrons. The van der Waals surface area contributed by atoms with Gasteiger partial charge in [0.05, 0.1) is 41.3 Å². The molecule has 1 aliphatic heterocycles. The Labute approximate surface area is 274 Å². The Hall–Kier alpha value is -4.21. The van der Waals surface area contributed by atoms with Gasteiger partial charge >= 0.3 is 0 Å². The molecule has 0 bridgehead atoms. The van der Waals surface area contributed by atoms with E-state index in [4.69, 9.17) is 9.72 Å². The lowest BCUT2D eigenvalue weighted by molar-refractivity contribution is 0.109. The molecule has 2 aliphatic carbocycles. The average Bonchev–Trinajstić information content (AvgIpc) is 3.84. The molecule has 2 saturated carbocycles. The lowest BCUT2D eigenvalue weighted by Gasteiger charge is -2.29. The first kappa shape index (κ1) is 31.4. The van der Waals surface area contributed by atoms with E-state index in [9.17, 15) is 13.5 Å². The highest BCUT2D eigenvalue weighted by Crippen LogP contribution is 2.34. The van der Waals surface area contributed by atoms with Crippen LogP contribution in [0.25, 0.3) is 22.6 Å². The maximum Gasteiger partial charge on any atom is 0.256 e. The smallest absolute Gasteiger partial charge is 0.256 e. The molecule has 0 atom stereocenters. The van der Waals surface area contributed by atoms with E-state index >= 15 is 0 Å². The van der Waals surface area contributed by atoms with Crippen molar-refractivity contribution in [2.75, 3.05) is 37.4 Å². The maximum absolute atomic E-state index is 12.6. The van der Waals surface area contributed by atoms with Crippen LogP contribution in [0.3, 0.4) is 0 Å². The van der Waals surface area contributed by atoms with Gasteiger partial charge in [0.2, 0.25) is 5.88 Å². The van der Waals surface area contributed by atoms with E-state index in [1.807, 2.05) is 6.07 Å². The standard InChI is InChI=1S/C32H40N10O4S/c1-41-12-9-24(10-13-41)46-31-18-34-28(17-36-31)26-16-35-30(14-27(26)38-23-4-2-21(20-43)3-5-23)39-29-8-11-33-32(40-29)22-15-37-42(19-22)47(44,45)25-6-7-25/h8,11,14-19,21,23-25,43H,2-7,9-10,12-13,20H2,1H3,(H2,33,35,38,39,40). The maximum atomic E-state index is 12.6. The number of nitrogens with one attached hydrogen (secondary N) is 2. The second-order valence-corrected chi connectivity index (χ2v) is 14.8. The molecular formula is C32H40N10O4S. The van der Waals surface area contributed by atoms with Crippen LogP contribution in [0.4, 0.5) is 17.3 Å². The molecule has 5 heterocycles. The van der Waals surface area contributed by atoms with Crippen LogP contribution >= 0.6 is 0 Å². The average molecular weight is 661 g/mol. The van der Waals surface area contributed by atoms with Gasteiger partial charge in [-0.2, -0.15) is 9.19 Å². The molecule has 47 heavy (non-hydrogen) atoms. The van der Waals surface area contributed by atoms with E-state index in [0.717, 1.165) is 67.0 Å². The highest BCUT2D eigenvalue weighted by molar-refractivity contribution is 7.90. The van der Waals surface area contributed by atoms with Gasteiger partial charge in [-0.15, -0.1) is 0 Å². The zero-order chi connectivity index (χ0) is 32.4. The predicted octanol–water partition coefficient (Wildman–Crippen LogP) is 3.71. The van der Waals surface area contributed by atoms with Crippen molar-refractivity contribution in [2.45, 2.75) is 68.8 Å². The number of rotatable bonds is 11. The van der Waals surface area contributed by atoms with Crippen LogP contribution in [0.5, 0.6) is 5.88 Å². The number of piperidine rings is 1. The Morgan fingerprint density at radius 1 is 0.936 bits per heavy atom. The molecule has 1 saturated heterocycles. The van der Waals surface area contributed by atoms with Crippen LogP contribution in [0.15, 0.2) is 49.3 Å². The van der Waals surface area contributed by atoms with Gasteiger partial charge < -0.3 is 25.4 Å². The first-order valence-corrected chi connectivity index (χ1v) is 17.8. The molecule has 7 rings (SSSR count). The van der Waals surface area contributed by atoms with Crippen LogP contribution in [0.2, 0.25) is 0 Å². The van der Waals surface area contributed by atoms with Gasteiger partial charge in [0.25, 0.3) is 10.0 Å². The number of anilines is 3. The first-order valence-electron chi connectivity index (χ1n) is 16.3. The van der Waals surface area contributed by atoms with Crippen LogP contribution < -0.4 is 15.4 Å². The summed E-state index contributed by atoms with van der Waals surface area (Å²) in [6, 6.07) is 3.89. The highest BCUT2D eigenvalue weighted by atomic mass is 32.2. The third-order valence-electron chi connectivity index (χ3n) is 9.16. The van der Waals surface area contributed by atoms with Crippen LogP contribution in [0, 0.1) is 5.92 Å². The number of hydrogen-bond donors (Lipinski definition) is 3. The summed E-state index contributed by atoms with van der Waals surface area (Å²) in [6.07, 6.45) is 16.9. The highest BCUT2D eigenvalue weighted by Gasteiger charge is 2.37. The minimum absolute atomic E-state index is 0.138. The van der Waals surface area contributed by atoms with Crippen molar-refractivity contribution in [3.8, 4) is 28.5 Å². The molecule has 0 amide bonds. The van der Waals surface area contributed by atoms with Gasteiger partial charge in [0.1, 0.15) is 17.7 Å². The molecule has 3 fully saturated rings. The molecule has 14 nitrogen and oxygen atoms in total. The van der Waals surface area contributed by atoms with Crippen molar-refractivity contribution < 1.29 is 18.3 Å². The minimum Gasteiger partial charge on any atom is -0.473 e. The van der Waals surface area contributed by atoms with E-state index in [1.54, 1.807) is 30.9 Å². The summed E-state index contributed by atoms with van der Waals surface area (Å²) in [7, 11) is -1.36. The monoisotopic (exact) mass is 660 g/mol. The van der Waals surface area contributed by atoms with Crippen molar-refractivity contribution in [1.82, 2.24) is 39.0 Å². The zero-order valence-electron chi connectivity index (χ0n) is 26.4. The van der Waals surface area contributed by atoms with Gasteiger partial charge in [-0.25, -0.2) is 33.3 Å². The Morgan fingerprint density at radius 3 is 2.47 bits per heavy atom. The second-order valence-electron chi connectivity index (χ2n) is 12.8. The summed E-state index contributed by atoms with van der Waals surface area (Å²) in [4.78, 5) is 25.2. The number of hydrogen-bond acceptors (Lipinski definition) is 13. The number of ether oxygens (including phenoxy) is 1. The Morgan fingerprint density at radius 2 is 1.74 bits per heavy atom. The van der Waals surface area contributed by atoms with Crippen molar-refractivity contribution in [2.24, 2.45) is 5.92 Å². The van der Waals surface area contributed by atoms with Gasteiger partial charge in [-0.3, -0.25) is 0 Å². The third-order valence-corrected chi connectivity index (χ3v) is 11.2. The quantitative estimate of drug-likeness (QED) is 0.213. The minimum atomic E-state index is -3.48. The third kappa shape index (κ3) is 7.36. The summed E-state index contributed by atoms with van der Waals surface area (Å²) < 4.78 is 32.3. The summed E-state index contributed by atoms with van der Waals surface area (Å²) in [5, 5.41) is 20.3. The molecule has 3 N–H and O–H groups in total. The molecule has 4 aromatic heterocycles. The van der Waals surface area contributed by atoms with Crippen LogP contribution in [0.1, 0.15) is 51.4 Å². The fraction of sp³-hybridized carbons (Fsp3) is 0.500. The molecule has 0 unspecified atom stereocenters. The molecule has 4 aromatic rings. The predicted molar refractivity (Wildman–Crippen MR) is 177 cm³/mol. The van der Waals surface area contributed by atoms with E-state index in [1.165, 1.54) is 12.4 Å². The number of nitrogens with zero attached hydrogens (tertiary/aromatic N) is 8. The van der Waals surface area contributed by atoms with Crippen molar-refractivity contribution in [3.05, 3.63) is 49.3 Å². The molecule has 0 spiro atoms. The van der Waals surface area contributed by atoms with Crippen molar-refractivity contribution in [3.63, 3.8) is 0 Å². The number of aromatic nitrogens is 7. The van der Waals surface area contributed by atoms with E-state index in [0.29, 0.717) is 53.4 Å². The van der Waals surface area contributed by atoms with Crippen molar-refractivity contribution in [1.29, 1.82) is 0 Å². The molecule has 3 aliphatic rings. The number of aliphatic hydroxyl groups excluding tert-OH is 1. The van der Waals surface area contributed by atoms with Gasteiger partial charge in [0, 0.05) is 55.4 Å². The van der Waals surface area contributed by atoms with Gasteiger partial charge in [0.15, 0.2) is 5.82 Å². The molecule has 0 radical (unpaired) electrons. The summed E-state index contributed by atoms with van der Waals surface area (Å²) in [5.41, 5.74) is 2.84. The normalized spacial score (nSPS) is 21.0. The topological polar surface area (TPSA) is 173 Å².